The van der Waals surface area contributed by atoms with Gasteiger partial charge in [0.15, 0.2) is 0 Å². The van der Waals surface area contributed by atoms with E-state index in [2.05, 4.69) is 10.6 Å². The topological polar surface area (TPSA) is 78.4 Å². The number of hydrogen-bond acceptors (Lipinski definition) is 3. The van der Waals surface area contributed by atoms with Gasteiger partial charge in [-0.3, -0.25) is 4.79 Å². The second-order valence-electron chi connectivity index (χ2n) is 4.76. The lowest BCUT2D eigenvalue weighted by molar-refractivity contribution is 0.0695. The lowest BCUT2D eigenvalue weighted by Crippen LogP contribution is -2.26. The number of amides is 1. The van der Waals surface area contributed by atoms with E-state index in [9.17, 15) is 9.59 Å². The fourth-order valence-electron chi connectivity index (χ4n) is 2.25. The Balaban J connectivity index is 2.00. The van der Waals surface area contributed by atoms with Crippen molar-refractivity contribution in [3.05, 3.63) is 65.2 Å². The molecule has 0 saturated carbocycles. The molecule has 0 unspecified atom stereocenters. The summed E-state index contributed by atoms with van der Waals surface area (Å²) in [5, 5.41) is 14.9. The van der Waals surface area contributed by atoms with Gasteiger partial charge in [0.1, 0.15) is 0 Å². The molecular formula is C17H18N2O3. The van der Waals surface area contributed by atoms with Gasteiger partial charge in [0, 0.05) is 19.3 Å². The van der Waals surface area contributed by atoms with Crippen LogP contribution < -0.4 is 10.6 Å². The molecule has 0 atom stereocenters. The van der Waals surface area contributed by atoms with Crippen LogP contribution in [0.15, 0.2) is 48.5 Å². The Morgan fingerprint density at radius 2 is 1.64 bits per heavy atom. The van der Waals surface area contributed by atoms with Crippen LogP contribution in [0.25, 0.3) is 0 Å². The molecule has 0 radical (unpaired) electrons. The third-order valence-electron chi connectivity index (χ3n) is 3.37. The average molecular weight is 298 g/mol. The zero-order valence-corrected chi connectivity index (χ0v) is 12.3. The smallest absolute Gasteiger partial charge is 0.335 e. The molecule has 0 aliphatic rings. The van der Waals surface area contributed by atoms with Gasteiger partial charge in [-0.1, -0.05) is 30.3 Å². The summed E-state index contributed by atoms with van der Waals surface area (Å²) in [6.07, 6.45) is 0.468. The summed E-state index contributed by atoms with van der Waals surface area (Å²) in [6.45, 7) is 0.376. The van der Waals surface area contributed by atoms with Gasteiger partial charge in [-0.15, -0.1) is 0 Å². The molecule has 0 bridgehead atoms. The molecule has 5 heteroatoms. The second-order valence-corrected chi connectivity index (χ2v) is 4.76. The molecule has 22 heavy (non-hydrogen) atoms. The maximum absolute atomic E-state index is 12.2. The zero-order valence-electron chi connectivity index (χ0n) is 12.3. The van der Waals surface area contributed by atoms with Crippen molar-refractivity contribution < 1.29 is 14.7 Å². The Morgan fingerprint density at radius 3 is 2.32 bits per heavy atom. The quantitative estimate of drug-likeness (QED) is 0.765. The van der Waals surface area contributed by atoms with Crippen LogP contribution in [0.4, 0.5) is 5.69 Å². The number of anilines is 1. The summed E-state index contributed by atoms with van der Waals surface area (Å²) in [7, 11) is 1.76. The Morgan fingerprint density at radius 1 is 1.00 bits per heavy atom. The number of rotatable bonds is 6. The number of para-hydroxylation sites is 1. The molecule has 0 saturated heterocycles. The highest BCUT2D eigenvalue weighted by Gasteiger charge is 2.11. The lowest BCUT2D eigenvalue weighted by Gasteiger charge is -2.10. The van der Waals surface area contributed by atoms with E-state index in [0.29, 0.717) is 24.1 Å². The van der Waals surface area contributed by atoms with Crippen LogP contribution in [-0.4, -0.2) is 30.6 Å². The molecule has 0 fully saturated rings. The van der Waals surface area contributed by atoms with E-state index < -0.39 is 5.97 Å². The molecule has 3 N–H and O–H groups in total. The summed E-state index contributed by atoms with van der Waals surface area (Å²) in [6, 6.07) is 14.0. The van der Waals surface area contributed by atoms with Crippen molar-refractivity contribution in [1.82, 2.24) is 5.32 Å². The van der Waals surface area contributed by atoms with E-state index in [4.69, 9.17) is 5.11 Å². The minimum atomic E-state index is -0.956. The first kappa shape index (κ1) is 15.6. The monoisotopic (exact) mass is 298 g/mol. The predicted octanol–water partition coefficient (Wildman–Crippen LogP) is 2.40. The van der Waals surface area contributed by atoms with Gasteiger partial charge in [-0.05, 0) is 30.2 Å². The fourth-order valence-corrected chi connectivity index (χ4v) is 2.25. The largest absolute Gasteiger partial charge is 0.478 e. The average Bonchev–Trinajstić information content (AvgIpc) is 2.55. The van der Waals surface area contributed by atoms with E-state index in [1.54, 1.807) is 43.4 Å². The summed E-state index contributed by atoms with van der Waals surface area (Å²) in [4.78, 5) is 23.3. The van der Waals surface area contributed by atoms with Crippen molar-refractivity contribution in [2.75, 3.05) is 18.9 Å². The first-order valence-corrected chi connectivity index (χ1v) is 6.99. The highest BCUT2D eigenvalue weighted by molar-refractivity contribution is 5.99. The molecule has 5 nitrogen and oxygen atoms in total. The number of nitrogens with one attached hydrogen (secondary N) is 2. The Hall–Kier alpha value is -2.82. The predicted molar refractivity (Wildman–Crippen MR) is 85.4 cm³/mol. The Kier molecular flexibility index (Phi) is 5.14. The van der Waals surface area contributed by atoms with Crippen LogP contribution in [0, 0.1) is 0 Å². The van der Waals surface area contributed by atoms with Gasteiger partial charge in [0.2, 0.25) is 0 Å². The van der Waals surface area contributed by atoms with Crippen LogP contribution in [-0.2, 0) is 6.42 Å². The van der Waals surface area contributed by atoms with E-state index in [0.717, 1.165) is 5.69 Å². The van der Waals surface area contributed by atoms with Gasteiger partial charge >= 0.3 is 5.97 Å². The number of hydrogen-bond donors (Lipinski definition) is 3. The van der Waals surface area contributed by atoms with Gasteiger partial charge in [-0.2, -0.15) is 0 Å². The molecule has 0 spiro atoms. The zero-order chi connectivity index (χ0) is 15.9. The third-order valence-corrected chi connectivity index (χ3v) is 3.37. The van der Waals surface area contributed by atoms with E-state index in [1.165, 1.54) is 0 Å². The molecule has 1 amide bonds. The van der Waals surface area contributed by atoms with Gasteiger partial charge in [-0.25, -0.2) is 4.79 Å². The third kappa shape index (κ3) is 3.63. The molecule has 114 valence electrons. The SMILES string of the molecule is CNc1ccccc1C(=O)NCCc1ccccc1C(=O)O. The maximum Gasteiger partial charge on any atom is 0.335 e. The van der Waals surface area contributed by atoms with Crippen molar-refractivity contribution >= 4 is 17.6 Å². The number of carbonyl (C=O) groups is 2. The molecule has 2 aromatic rings. The van der Waals surface area contributed by atoms with Crippen molar-refractivity contribution in [1.29, 1.82) is 0 Å². The molecule has 2 rings (SSSR count). The van der Waals surface area contributed by atoms with E-state index in [1.807, 2.05) is 12.1 Å². The van der Waals surface area contributed by atoms with E-state index in [-0.39, 0.29) is 11.5 Å². The van der Waals surface area contributed by atoms with Crippen molar-refractivity contribution in [2.45, 2.75) is 6.42 Å². The maximum atomic E-state index is 12.2. The van der Waals surface area contributed by atoms with Crippen LogP contribution >= 0.6 is 0 Å². The number of carboxylic acids is 1. The van der Waals surface area contributed by atoms with Crippen LogP contribution in [0.1, 0.15) is 26.3 Å². The van der Waals surface area contributed by atoms with Gasteiger partial charge in [0.05, 0.1) is 11.1 Å². The van der Waals surface area contributed by atoms with Crippen LogP contribution in [0.5, 0.6) is 0 Å². The number of benzene rings is 2. The molecule has 0 heterocycles. The highest BCUT2D eigenvalue weighted by Crippen LogP contribution is 2.14. The summed E-state index contributed by atoms with van der Waals surface area (Å²) < 4.78 is 0. The summed E-state index contributed by atoms with van der Waals surface area (Å²) in [5.41, 5.74) is 2.30. The first-order chi connectivity index (χ1) is 10.6. The minimum absolute atomic E-state index is 0.183. The highest BCUT2D eigenvalue weighted by atomic mass is 16.4. The fraction of sp³-hybridized carbons (Fsp3) is 0.176. The number of aromatic carboxylic acids is 1. The van der Waals surface area contributed by atoms with Gasteiger partial charge < -0.3 is 15.7 Å². The Bertz CT molecular complexity index is 683. The summed E-state index contributed by atoms with van der Waals surface area (Å²) in [5.74, 6) is -1.14. The lowest BCUT2D eigenvalue weighted by atomic mass is 10.0. The van der Waals surface area contributed by atoms with Gasteiger partial charge in [0.25, 0.3) is 5.91 Å². The Labute approximate surface area is 129 Å². The van der Waals surface area contributed by atoms with Crippen molar-refractivity contribution in [2.24, 2.45) is 0 Å². The van der Waals surface area contributed by atoms with Crippen molar-refractivity contribution in [3.63, 3.8) is 0 Å². The molecule has 2 aromatic carbocycles. The molecule has 0 aliphatic carbocycles. The molecule has 0 aliphatic heterocycles. The molecule has 0 aromatic heterocycles. The summed E-state index contributed by atoms with van der Waals surface area (Å²) >= 11 is 0. The molecular weight excluding hydrogens is 280 g/mol. The number of carboxylic acid groups (broad SMARTS) is 1. The van der Waals surface area contributed by atoms with Crippen LogP contribution in [0.3, 0.4) is 0 Å². The van der Waals surface area contributed by atoms with E-state index >= 15 is 0 Å². The standard InChI is InChI=1S/C17H18N2O3/c1-18-15-9-5-4-8-14(15)16(20)19-11-10-12-6-2-3-7-13(12)17(21)22/h2-9,18H,10-11H2,1H3,(H,19,20)(H,21,22). The van der Waals surface area contributed by atoms with Crippen LogP contribution in [0.2, 0.25) is 0 Å². The number of carbonyl (C=O) groups excluding carboxylic acids is 1. The normalized spacial score (nSPS) is 10.0. The minimum Gasteiger partial charge on any atom is -0.478 e. The second kappa shape index (κ2) is 7.26. The first-order valence-electron chi connectivity index (χ1n) is 6.99. The van der Waals surface area contributed by atoms with Crippen molar-refractivity contribution in [3.8, 4) is 0 Å².